The number of carbonyl (C=O) groups is 1. The summed E-state index contributed by atoms with van der Waals surface area (Å²) in [7, 11) is 0. The minimum absolute atomic E-state index is 0.220. The molecule has 25 heavy (non-hydrogen) atoms. The first kappa shape index (κ1) is 17.8. The summed E-state index contributed by atoms with van der Waals surface area (Å²) in [6.45, 7) is 4.58. The van der Waals surface area contributed by atoms with Crippen molar-refractivity contribution < 1.29 is 4.79 Å². The quantitative estimate of drug-likeness (QED) is 0.874. The van der Waals surface area contributed by atoms with Gasteiger partial charge < -0.3 is 10.6 Å². The van der Waals surface area contributed by atoms with Gasteiger partial charge >= 0.3 is 0 Å². The molecule has 2 N–H and O–H groups in total. The molecule has 1 amide bonds. The van der Waals surface area contributed by atoms with Crippen molar-refractivity contribution in [1.82, 2.24) is 9.80 Å². The van der Waals surface area contributed by atoms with Crippen LogP contribution in [-0.2, 0) is 11.3 Å². The predicted molar refractivity (Wildman–Crippen MR) is 103 cm³/mol. The van der Waals surface area contributed by atoms with Crippen LogP contribution in [0.4, 0.5) is 0 Å². The molecular formula is C19H28ClN3OS. The van der Waals surface area contributed by atoms with Crippen LogP contribution in [-0.4, -0.2) is 47.9 Å². The third-order valence-electron chi connectivity index (χ3n) is 6.45. The van der Waals surface area contributed by atoms with E-state index in [-0.39, 0.29) is 5.92 Å². The lowest BCUT2D eigenvalue weighted by Gasteiger charge is -2.45. The van der Waals surface area contributed by atoms with E-state index in [1.54, 1.807) is 11.3 Å². The highest BCUT2D eigenvalue weighted by Gasteiger charge is 2.41. The van der Waals surface area contributed by atoms with E-state index in [9.17, 15) is 4.79 Å². The minimum atomic E-state index is 0.220. The van der Waals surface area contributed by atoms with Gasteiger partial charge in [-0.2, -0.15) is 0 Å². The monoisotopic (exact) mass is 381 g/mol. The summed E-state index contributed by atoms with van der Waals surface area (Å²) < 4.78 is 0.852. The van der Waals surface area contributed by atoms with E-state index in [0.29, 0.717) is 23.8 Å². The molecule has 2 aliphatic carbocycles. The zero-order chi connectivity index (χ0) is 17.4. The zero-order valence-corrected chi connectivity index (χ0v) is 16.3. The SMILES string of the molecule is NC1C2CCCC1CC(C(=O)N1CCN(Cc3ccc(Cl)s3)CC1)C2. The molecule has 1 saturated heterocycles. The van der Waals surface area contributed by atoms with Gasteiger partial charge in [-0.05, 0) is 49.7 Å². The fourth-order valence-corrected chi connectivity index (χ4v) is 6.16. The molecule has 0 radical (unpaired) electrons. The third-order valence-corrected chi connectivity index (χ3v) is 7.67. The van der Waals surface area contributed by atoms with Crippen LogP contribution in [0.15, 0.2) is 12.1 Å². The van der Waals surface area contributed by atoms with Gasteiger partial charge in [-0.15, -0.1) is 11.3 Å². The largest absolute Gasteiger partial charge is 0.340 e. The highest BCUT2D eigenvalue weighted by atomic mass is 35.5. The maximum atomic E-state index is 13.0. The van der Waals surface area contributed by atoms with Crippen LogP contribution in [0.5, 0.6) is 0 Å². The van der Waals surface area contributed by atoms with Crippen LogP contribution in [0.1, 0.15) is 37.0 Å². The summed E-state index contributed by atoms with van der Waals surface area (Å²) in [5, 5.41) is 0. The van der Waals surface area contributed by atoms with Crippen LogP contribution < -0.4 is 5.73 Å². The Morgan fingerprint density at radius 3 is 2.44 bits per heavy atom. The van der Waals surface area contributed by atoms with Crippen LogP contribution in [0.3, 0.4) is 0 Å². The fourth-order valence-electron chi connectivity index (χ4n) is 5.03. The van der Waals surface area contributed by atoms with E-state index in [1.165, 1.54) is 24.1 Å². The molecular weight excluding hydrogens is 354 g/mol. The summed E-state index contributed by atoms with van der Waals surface area (Å²) in [6, 6.07) is 4.41. The van der Waals surface area contributed by atoms with Gasteiger partial charge in [0.25, 0.3) is 0 Å². The Labute approximate surface area is 159 Å². The Hall–Kier alpha value is -0.620. The van der Waals surface area contributed by atoms with Gasteiger partial charge in [0, 0.05) is 49.6 Å². The second-order valence-electron chi connectivity index (χ2n) is 8.00. The molecule has 6 heteroatoms. The lowest BCUT2D eigenvalue weighted by atomic mass is 9.65. The Balaban J connectivity index is 1.29. The molecule has 0 spiro atoms. The molecule has 4 nitrogen and oxygen atoms in total. The van der Waals surface area contributed by atoms with Gasteiger partial charge in [-0.1, -0.05) is 18.0 Å². The number of amides is 1. The molecule has 3 fully saturated rings. The van der Waals surface area contributed by atoms with Gasteiger partial charge in [0.15, 0.2) is 0 Å². The summed E-state index contributed by atoms with van der Waals surface area (Å²) in [5.74, 6) is 1.76. The maximum Gasteiger partial charge on any atom is 0.225 e. The van der Waals surface area contributed by atoms with Crippen LogP contribution in [0.2, 0.25) is 4.34 Å². The van der Waals surface area contributed by atoms with Crippen molar-refractivity contribution in [2.24, 2.45) is 23.5 Å². The molecule has 4 rings (SSSR count). The Morgan fingerprint density at radius 2 is 1.84 bits per heavy atom. The molecule has 3 aliphatic rings. The number of piperazine rings is 1. The van der Waals surface area contributed by atoms with Gasteiger partial charge in [-0.3, -0.25) is 9.69 Å². The number of hydrogen-bond acceptors (Lipinski definition) is 4. The molecule has 2 unspecified atom stereocenters. The van der Waals surface area contributed by atoms with E-state index in [0.717, 1.165) is 49.9 Å². The van der Waals surface area contributed by atoms with Crippen molar-refractivity contribution in [3.63, 3.8) is 0 Å². The Bertz CT molecular complexity index is 600. The molecule has 0 aromatic carbocycles. The number of fused-ring (bicyclic) bond motifs is 2. The van der Waals surface area contributed by atoms with E-state index in [2.05, 4.69) is 15.9 Å². The molecule has 138 valence electrons. The number of carbonyl (C=O) groups excluding carboxylic acids is 1. The number of hydrogen-bond donors (Lipinski definition) is 1. The average molecular weight is 382 g/mol. The van der Waals surface area contributed by atoms with Crippen LogP contribution in [0.25, 0.3) is 0 Å². The smallest absolute Gasteiger partial charge is 0.225 e. The first-order valence-corrected chi connectivity index (χ1v) is 10.8. The first-order valence-electron chi connectivity index (χ1n) is 9.61. The Kier molecular flexibility index (Phi) is 5.37. The summed E-state index contributed by atoms with van der Waals surface area (Å²) in [5.41, 5.74) is 6.38. The van der Waals surface area contributed by atoms with E-state index < -0.39 is 0 Å². The topological polar surface area (TPSA) is 49.6 Å². The van der Waals surface area contributed by atoms with Crippen LogP contribution >= 0.6 is 22.9 Å². The Morgan fingerprint density at radius 1 is 1.16 bits per heavy atom. The van der Waals surface area contributed by atoms with Crippen LogP contribution in [0, 0.1) is 17.8 Å². The van der Waals surface area contributed by atoms with E-state index in [4.69, 9.17) is 17.3 Å². The molecule has 2 bridgehead atoms. The first-order chi connectivity index (χ1) is 12.1. The number of nitrogens with zero attached hydrogens (tertiary/aromatic N) is 2. The van der Waals surface area contributed by atoms with Gasteiger partial charge in [0.1, 0.15) is 0 Å². The van der Waals surface area contributed by atoms with E-state index in [1.807, 2.05) is 6.07 Å². The lowest BCUT2D eigenvalue weighted by molar-refractivity contribution is -0.140. The van der Waals surface area contributed by atoms with Crippen molar-refractivity contribution in [2.45, 2.75) is 44.7 Å². The van der Waals surface area contributed by atoms with E-state index >= 15 is 0 Å². The minimum Gasteiger partial charge on any atom is -0.340 e. The summed E-state index contributed by atoms with van der Waals surface area (Å²) in [4.78, 5) is 18.8. The molecule has 2 heterocycles. The van der Waals surface area contributed by atoms with Crippen molar-refractivity contribution in [3.05, 3.63) is 21.3 Å². The summed E-state index contributed by atoms with van der Waals surface area (Å²) >= 11 is 7.67. The van der Waals surface area contributed by atoms with Crippen molar-refractivity contribution in [3.8, 4) is 0 Å². The zero-order valence-electron chi connectivity index (χ0n) is 14.7. The third kappa shape index (κ3) is 3.90. The highest BCUT2D eigenvalue weighted by Crippen LogP contribution is 2.42. The van der Waals surface area contributed by atoms with Gasteiger partial charge in [0.05, 0.1) is 4.34 Å². The number of nitrogens with two attached hydrogens (primary N) is 1. The molecule has 2 atom stereocenters. The molecule has 1 aromatic rings. The second-order valence-corrected chi connectivity index (χ2v) is 9.80. The van der Waals surface area contributed by atoms with Crippen molar-refractivity contribution >= 4 is 28.8 Å². The number of thiophene rings is 1. The normalized spacial score (nSPS) is 33.4. The summed E-state index contributed by atoms with van der Waals surface area (Å²) in [6.07, 6.45) is 5.78. The molecule has 1 aromatic heterocycles. The predicted octanol–water partition coefficient (Wildman–Crippen LogP) is 3.20. The fraction of sp³-hybridized carbons (Fsp3) is 0.737. The second kappa shape index (κ2) is 7.55. The molecule has 1 aliphatic heterocycles. The van der Waals surface area contributed by atoms with Gasteiger partial charge in [0.2, 0.25) is 5.91 Å². The lowest BCUT2D eigenvalue weighted by Crippen LogP contribution is -2.53. The number of halogens is 1. The van der Waals surface area contributed by atoms with Gasteiger partial charge in [-0.25, -0.2) is 0 Å². The average Bonchev–Trinajstić information content (AvgIpc) is 2.99. The number of rotatable bonds is 3. The standard InChI is InChI=1S/C19H28ClN3OS/c20-17-5-4-16(25-17)12-22-6-8-23(9-7-22)19(24)15-10-13-2-1-3-14(11-15)18(13)21/h4-5,13-15,18H,1-3,6-12,21H2. The molecule has 2 saturated carbocycles. The maximum absolute atomic E-state index is 13.0. The highest BCUT2D eigenvalue weighted by molar-refractivity contribution is 7.16. The van der Waals surface area contributed by atoms with Crippen molar-refractivity contribution in [2.75, 3.05) is 26.2 Å². The van der Waals surface area contributed by atoms with Crippen molar-refractivity contribution in [1.29, 1.82) is 0 Å².